The average molecular weight is 334 g/mol. The van der Waals surface area contributed by atoms with Crippen LogP contribution in [-0.4, -0.2) is 12.5 Å². The molecule has 100 valence electrons. The molecule has 0 aliphatic rings. The van der Waals surface area contributed by atoms with Crippen molar-refractivity contribution in [2.45, 2.75) is 26.7 Å². The summed E-state index contributed by atoms with van der Waals surface area (Å²) < 4.78 is 0.832. The highest BCUT2D eigenvalue weighted by atomic mass is 79.9. The third-order valence-electron chi connectivity index (χ3n) is 2.91. The van der Waals surface area contributed by atoms with E-state index in [0.29, 0.717) is 23.7 Å². The Balaban J connectivity index is 2.73. The van der Waals surface area contributed by atoms with E-state index in [4.69, 9.17) is 17.3 Å². The molecule has 3 N–H and O–H groups in total. The normalized spacial score (nSPS) is 12.3. The molecule has 0 spiro atoms. The van der Waals surface area contributed by atoms with E-state index in [0.717, 1.165) is 16.5 Å². The molecular formula is C13H18BrClN2O. The van der Waals surface area contributed by atoms with Crippen molar-refractivity contribution in [3.05, 3.63) is 27.2 Å². The standard InChI is InChI=1S/C13H18BrClN2O/c1-3-9(7-16)5-13(18)17-12-6-11(15)8(2)4-10(12)14/h4,6,9H,3,5,7,16H2,1-2H3,(H,17,18). The van der Waals surface area contributed by atoms with Crippen LogP contribution in [0.1, 0.15) is 25.3 Å². The third-order valence-corrected chi connectivity index (χ3v) is 3.97. The number of amides is 1. The van der Waals surface area contributed by atoms with Crippen molar-refractivity contribution in [1.82, 2.24) is 0 Å². The van der Waals surface area contributed by atoms with Crippen LogP contribution in [-0.2, 0) is 4.79 Å². The van der Waals surface area contributed by atoms with Crippen LogP contribution in [0.5, 0.6) is 0 Å². The number of carbonyl (C=O) groups excluding carboxylic acids is 1. The maximum absolute atomic E-state index is 11.9. The minimum Gasteiger partial charge on any atom is -0.330 e. The quantitative estimate of drug-likeness (QED) is 0.862. The Hall–Kier alpha value is -0.580. The van der Waals surface area contributed by atoms with Crippen LogP contribution >= 0.6 is 27.5 Å². The second-order valence-electron chi connectivity index (χ2n) is 4.34. The average Bonchev–Trinajstić information content (AvgIpc) is 2.33. The molecule has 0 aliphatic carbocycles. The highest BCUT2D eigenvalue weighted by Crippen LogP contribution is 2.29. The van der Waals surface area contributed by atoms with Crippen LogP contribution in [0.3, 0.4) is 0 Å². The molecule has 0 fully saturated rings. The number of aryl methyl sites for hydroxylation is 1. The molecule has 1 unspecified atom stereocenters. The molecule has 1 atom stereocenters. The van der Waals surface area contributed by atoms with Gasteiger partial charge in [-0.05, 0) is 53.0 Å². The number of rotatable bonds is 5. The van der Waals surface area contributed by atoms with E-state index in [1.807, 2.05) is 19.9 Å². The van der Waals surface area contributed by atoms with Gasteiger partial charge in [0.15, 0.2) is 0 Å². The van der Waals surface area contributed by atoms with Crippen molar-refractivity contribution < 1.29 is 4.79 Å². The molecule has 1 aromatic carbocycles. The summed E-state index contributed by atoms with van der Waals surface area (Å²) in [5.41, 5.74) is 7.25. The predicted molar refractivity (Wildman–Crippen MR) is 80.0 cm³/mol. The van der Waals surface area contributed by atoms with Crippen LogP contribution in [0.15, 0.2) is 16.6 Å². The molecule has 0 radical (unpaired) electrons. The predicted octanol–water partition coefficient (Wildman–Crippen LogP) is 3.72. The summed E-state index contributed by atoms with van der Waals surface area (Å²) >= 11 is 9.45. The van der Waals surface area contributed by atoms with E-state index >= 15 is 0 Å². The second kappa shape index (κ2) is 7.12. The fourth-order valence-electron chi connectivity index (χ4n) is 1.60. The molecular weight excluding hydrogens is 316 g/mol. The molecule has 1 aromatic rings. The number of benzene rings is 1. The molecule has 18 heavy (non-hydrogen) atoms. The van der Waals surface area contributed by atoms with Crippen LogP contribution in [0.2, 0.25) is 5.02 Å². The summed E-state index contributed by atoms with van der Waals surface area (Å²) in [6.07, 6.45) is 1.34. The van der Waals surface area contributed by atoms with Crippen molar-refractivity contribution in [2.75, 3.05) is 11.9 Å². The monoisotopic (exact) mass is 332 g/mol. The van der Waals surface area contributed by atoms with E-state index < -0.39 is 0 Å². The summed E-state index contributed by atoms with van der Waals surface area (Å²) in [7, 11) is 0. The van der Waals surface area contributed by atoms with E-state index in [2.05, 4.69) is 21.2 Å². The summed E-state index contributed by atoms with van der Waals surface area (Å²) in [5.74, 6) is 0.192. The van der Waals surface area contributed by atoms with Gasteiger partial charge in [0.2, 0.25) is 5.91 Å². The lowest BCUT2D eigenvalue weighted by atomic mass is 10.0. The molecule has 3 nitrogen and oxygen atoms in total. The number of hydrogen-bond donors (Lipinski definition) is 2. The largest absolute Gasteiger partial charge is 0.330 e. The number of halogens is 2. The van der Waals surface area contributed by atoms with E-state index in [1.54, 1.807) is 6.07 Å². The lowest BCUT2D eigenvalue weighted by Crippen LogP contribution is -2.21. The fourth-order valence-corrected chi connectivity index (χ4v) is 2.32. The van der Waals surface area contributed by atoms with Gasteiger partial charge >= 0.3 is 0 Å². The molecule has 0 bridgehead atoms. The number of carbonyl (C=O) groups is 1. The first-order valence-electron chi connectivity index (χ1n) is 5.93. The van der Waals surface area contributed by atoms with Gasteiger partial charge in [0, 0.05) is 15.9 Å². The van der Waals surface area contributed by atoms with Crippen LogP contribution in [0.4, 0.5) is 5.69 Å². The minimum absolute atomic E-state index is 0.0343. The van der Waals surface area contributed by atoms with Gasteiger partial charge in [-0.15, -0.1) is 0 Å². The number of nitrogens with two attached hydrogens (primary N) is 1. The lowest BCUT2D eigenvalue weighted by Gasteiger charge is -2.13. The summed E-state index contributed by atoms with van der Waals surface area (Å²) in [5, 5.41) is 3.49. The zero-order valence-corrected chi connectivity index (χ0v) is 12.9. The summed E-state index contributed by atoms with van der Waals surface area (Å²) in [6.45, 7) is 4.48. The number of anilines is 1. The molecule has 0 saturated carbocycles. The first kappa shape index (κ1) is 15.5. The Bertz CT molecular complexity index is 433. The SMILES string of the molecule is CCC(CN)CC(=O)Nc1cc(Cl)c(C)cc1Br. The summed E-state index contributed by atoms with van der Waals surface area (Å²) in [4.78, 5) is 11.9. The van der Waals surface area contributed by atoms with Crippen molar-refractivity contribution in [1.29, 1.82) is 0 Å². The Kier molecular flexibility index (Phi) is 6.12. The minimum atomic E-state index is -0.0343. The van der Waals surface area contributed by atoms with Crippen molar-refractivity contribution >= 4 is 39.1 Å². The molecule has 0 aliphatic heterocycles. The Morgan fingerprint density at radius 2 is 2.22 bits per heavy atom. The first-order chi connectivity index (χ1) is 8.47. The molecule has 5 heteroatoms. The molecule has 0 aromatic heterocycles. The van der Waals surface area contributed by atoms with Gasteiger partial charge in [-0.2, -0.15) is 0 Å². The topological polar surface area (TPSA) is 55.1 Å². The van der Waals surface area contributed by atoms with Crippen LogP contribution in [0.25, 0.3) is 0 Å². The van der Waals surface area contributed by atoms with Gasteiger partial charge < -0.3 is 11.1 Å². The van der Waals surface area contributed by atoms with Gasteiger partial charge in [-0.25, -0.2) is 0 Å². The maximum atomic E-state index is 11.9. The van der Waals surface area contributed by atoms with Crippen molar-refractivity contribution in [2.24, 2.45) is 11.7 Å². The zero-order chi connectivity index (χ0) is 13.7. The van der Waals surface area contributed by atoms with Crippen molar-refractivity contribution in [3.8, 4) is 0 Å². The van der Waals surface area contributed by atoms with E-state index in [-0.39, 0.29) is 11.8 Å². The molecule has 1 amide bonds. The fraction of sp³-hybridized carbons (Fsp3) is 0.462. The van der Waals surface area contributed by atoms with E-state index in [1.165, 1.54) is 0 Å². The Labute approximate surface area is 121 Å². The van der Waals surface area contributed by atoms with Gasteiger partial charge in [0.25, 0.3) is 0 Å². The second-order valence-corrected chi connectivity index (χ2v) is 5.61. The van der Waals surface area contributed by atoms with Gasteiger partial charge in [-0.3, -0.25) is 4.79 Å². The number of nitrogens with one attached hydrogen (secondary N) is 1. The molecule has 0 saturated heterocycles. The highest BCUT2D eigenvalue weighted by molar-refractivity contribution is 9.10. The number of hydrogen-bond acceptors (Lipinski definition) is 2. The zero-order valence-electron chi connectivity index (χ0n) is 10.6. The van der Waals surface area contributed by atoms with Crippen molar-refractivity contribution in [3.63, 3.8) is 0 Å². The highest BCUT2D eigenvalue weighted by Gasteiger charge is 2.12. The Morgan fingerprint density at radius 1 is 1.56 bits per heavy atom. The Morgan fingerprint density at radius 3 is 2.78 bits per heavy atom. The van der Waals surface area contributed by atoms with Crippen LogP contribution < -0.4 is 11.1 Å². The lowest BCUT2D eigenvalue weighted by molar-refractivity contribution is -0.117. The van der Waals surface area contributed by atoms with Gasteiger partial charge in [-0.1, -0.05) is 24.9 Å². The third kappa shape index (κ3) is 4.26. The smallest absolute Gasteiger partial charge is 0.224 e. The summed E-state index contributed by atoms with van der Waals surface area (Å²) in [6, 6.07) is 3.64. The van der Waals surface area contributed by atoms with E-state index in [9.17, 15) is 4.79 Å². The van der Waals surface area contributed by atoms with Gasteiger partial charge in [0.1, 0.15) is 0 Å². The molecule has 0 heterocycles. The first-order valence-corrected chi connectivity index (χ1v) is 7.10. The van der Waals surface area contributed by atoms with Crippen LogP contribution in [0, 0.1) is 12.8 Å². The van der Waals surface area contributed by atoms with Gasteiger partial charge in [0.05, 0.1) is 5.69 Å². The molecule has 1 rings (SSSR count). The maximum Gasteiger partial charge on any atom is 0.224 e.